The summed E-state index contributed by atoms with van der Waals surface area (Å²) in [5, 5.41) is 1.72. The lowest BCUT2D eigenvalue weighted by atomic mass is 10.0. The number of fused-ring (bicyclic) bond motifs is 1. The van der Waals surface area contributed by atoms with Gasteiger partial charge in [0.15, 0.2) is 0 Å². The van der Waals surface area contributed by atoms with Crippen LogP contribution in [0.5, 0.6) is 0 Å². The molecule has 0 bridgehead atoms. The highest BCUT2D eigenvalue weighted by Crippen LogP contribution is 2.33. The Labute approximate surface area is 129 Å². The van der Waals surface area contributed by atoms with E-state index in [1.807, 2.05) is 55.4 Å². The first-order valence-corrected chi connectivity index (χ1v) is 7.06. The van der Waals surface area contributed by atoms with Gasteiger partial charge in [0.2, 0.25) is 0 Å². The molecule has 4 heteroatoms. The lowest BCUT2D eigenvalue weighted by molar-refractivity contribution is 1.13. The number of nitrogen functional groups attached to an aromatic ring is 1. The van der Waals surface area contributed by atoms with Gasteiger partial charge in [-0.2, -0.15) is 0 Å². The number of rotatable bonds is 2. The van der Waals surface area contributed by atoms with E-state index in [0.29, 0.717) is 10.8 Å². The fourth-order valence-corrected chi connectivity index (χ4v) is 2.58. The minimum absolute atomic E-state index is 0.492. The van der Waals surface area contributed by atoms with Gasteiger partial charge in [-0.15, -0.1) is 0 Å². The summed E-state index contributed by atoms with van der Waals surface area (Å²) in [7, 11) is 4.01. The van der Waals surface area contributed by atoms with Crippen LogP contribution in [-0.4, -0.2) is 19.1 Å². The molecule has 106 valence electrons. The Kier molecular flexibility index (Phi) is 3.43. The normalized spacial score (nSPS) is 10.8. The van der Waals surface area contributed by atoms with E-state index in [1.54, 1.807) is 0 Å². The maximum Gasteiger partial charge on any atom is 0.132 e. The van der Waals surface area contributed by atoms with Crippen LogP contribution in [0.25, 0.3) is 22.0 Å². The van der Waals surface area contributed by atoms with Gasteiger partial charge < -0.3 is 10.6 Å². The fraction of sp³-hybridized carbons (Fsp3) is 0.118. The molecule has 0 fully saturated rings. The zero-order chi connectivity index (χ0) is 15.0. The van der Waals surface area contributed by atoms with E-state index in [-0.39, 0.29) is 0 Å². The van der Waals surface area contributed by atoms with Crippen LogP contribution in [0, 0.1) is 0 Å². The first-order valence-electron chi connectivity index (χ1n) is 6.69. The molecule has 3 rings (SSSR count). The molecular formula is C17H16ClN3. The smallest absolute Gasteiger partial charge is 0.132 e. The number of halogens is 1. The Hall–Kier alpha value is -2.26. The van der Waals surface area contributed by atoms with E-state index in [2.05, 4.69) is 17.1 Å². The molecule has 0 radical (unpaired) electrons. The number of benzene rings is 2. The molecule has 0 atom stereocenters. The number of nitrogens with zero attached hydrogens (tertiary/aromatic N) is 2. The number of aromatic nitrogens is 1. The van der Waals surface area contributed by atoms with Crippen LogP contribution in [0.2, 0.25) is 5.02 Å². The van der Waals surface area contributed by atoms with Gasteiger partial charge in [-0.25, -0.2) is 4.98 Å². The average Bonchev–Trinajstić information content (AvgIpc) is 2.46. The monoisotopic (exact) mass is 297 g/mol. The molecule has 0 spiro atoms. The molecule has 0 saturated heterocycles. The molecule has 0 amide bonds. The van der Waals surface area contributed by atoms with Gasteiger partial charge in [0.05, 0.1) is 5.52 Å². The van der Waals surface area contributed by atoms with Crippen molar-refractivity contribution < 1.29 is 0 Å². The Balaban J connectivity index is 2.21. The van der Waals surface area contributed by atoms with Gasteiger partial charge in [-0.3, -0.25) is 0 Å². The van der Waals surface area contributed by atoms with E-state index in [1.165, 1.54) is 0 Å². The van der Waals surface area contributed by atoms with Crippen molar-refractivity contribution in [2.24, 2.45) is 0 Å². The summed E-state index contributed by atoms with van der Waals surface area (Å²) < 4.78 is 0. The highest BCUT2D eigenvalue weighted by molar-refractivity contribution is 6.33. The number of hydrogen-bond donors (Lipinski definition) is 1. The Morgan fingerprint density at radius 3 is 2.48 bits per heavy atom. The largest absolute Gasteiger partial charge is 0.383 e. The summed E-state index contributed by atoms with van der Waals surface area (Å²) in [6.45, 7) is 0. The first-order chi connectivity index (χ1) is 10.1. The topological polar surface area (TPSA) is 42.1 Å². The quantitative estimate of drug-likeness (QED) is 0.770. The highest BCUT2D eigenvalue weighted by Gasteiger charge is 2.10. The van der Waals surface area contributed by atoms with Crippen molar-refractivity contribution in [3.63, 3.8) is 0 Å². The second-order valence-corrected chi connectivity index (χ2v) is 5.58. The van der Waals surface area contributed by atoms with E-state index in [4.69, 9.17) is 17.3 Å². The summed E-state index contributed by atoms with van der Waals surface area (Å²) in [6, 6.07) is 15.8. The molecule has 0 saturated carbocycles. The maximum atomic E-state index is 6.26. The van der Waals surface area contributed by atoms with Crippen LogP contribution in [0.15, 0.2) is 48.5 Å². The summed E-state index contributed by atoms with van der Waals surface area (Å²) in [4.78, 5) is 6.57. The number of hydrogen-bond acceptors (Lipinski definition) is 3. The minimum Gasteiger partial charge on any atom is -0.383 e. The first kappa shape index (κ1) is 13.7. The predicted molar refractivity (Wildman–Crippen MR) is 90.9 cm³/mol. The standard InChI is InChI=1S/C17H16ClN3/c1-21(2)12-8-7-11-9-14(17(19)20-16(11)10-12)13-5-3-4-6-15(13)18/h3-10H,1-2H3,(H2,19,20). The van der Waals surface area contributed by atoms with E-state index in [0.717, 1.165) is 27.7 Å². The molecule has 0 unspecified atom stereocenters. The van der Waals surface area contributed by atoms with Gasteiger partial charge in [0, 0.05) is 41.3 Å². The van der Waals surface area contributed by atoms with Crippen LogP contribution >= 0.6 is 11.6 Å². The summed E-state index contributed by atoms with van der Waals surface area (Å²) in [5.74, 6) is 0.492. The van der Waals surface area contributed by atoms with E-state index < -0.39 is 0 Å². The van der Waals surface area contributed by atoms with Crippen LogP contribution in [0.3, 0.4) is 0 Å². The number of nitrogens with two attached hydrogens (primary N) is 1. The maximum absolute atomic E-state index is 6.26. The second kappa shape index (κ2) is 5.26. The summed E-state index contributed by atoms with van der Waals surface area (Å²) in [5.41, 5.74) is 9.88. The Morgan fingerprint density at radius 1 is 1.00 bits per heavy atom. The Morgan fingerprint density at radius 2 is 1.76 bits per heavy atom. The molecule has 2 N–H and O–H groups in total. The fourth-order valence-electron chi connectivity index (χ4n) is 2.34. The highest BCUT2D eigenvalue weighted by atomic mass is 35.5. The number of anilines is 2. The molecule has 1 heterocycles. The van der Waals surface area contributed by atoms with Crippen molar-refractivity contribution in [3.8, 4) is 11.1 Å². The summed E-state index contributed by atoms with van der Waals surface area (Å²) in [6.07, 6.45) is 0. The molecule has 0 aliphatic heterocycles. The molecular weight excluding hydrogens is 282 g/mol. The van der Waals surface area contributed by atoms with Crippen molar-refractivity contribution in [2.45, 2.75) is 0 Å². The minimum atomic E-state index is 0.492. The number of pyridine rings is 1. The molecule has 0 aliphatic rings. The zero-order valence-electron chi connectivity index (χ0n) is 12.0. The lowest BCUT2D eigenvalue weighted by Crippen LogP contribution is -2.08. The van der Waals surface area contributed by atoms with E-state index >= 15 is 0 Å². The average molecular weight is 298 g/mol. The Bertz CT molecular complexity index is 812. The van der Waals surface area contributed by atoms with Crippen molar-refractivity contribution in [1.29, 1.82) is 0 Å². The zero-order valence-corrected chi connectivity index (χ0v) is 12.7. The van der Waals surface area contributed by atoms with Crippen LogP contribution < -0.4 is 10.6 Å². The van der Waals surface area contributed by atoms with Crippen LogP contribution in [0.1, 0.15) is 0 Å². The summed E-state index contributed by atoms with van der Waals surface area (Å²) >= 11 is 6.26. The van der Waals surface area contributed by atoms with Gasteiger partial charge in [0.25, 0.3) is 0 Å². The molecule has 3 aromatic rings. The third-order valence-corrected chi connectivity index (χ3v) is 3.84. The predicted octanol–water partition coefficient (Wildman–Crippen LogP) is 4.20. The molecule has 3 nitrogen and oxygen atoms in total. The SMILES string of the molecule is CN(C)c1ccc2cc(-c3ccccc3Cl)c(N)nc2c1. The molecule has 0 aliphatic carbocycles. The van der Waals surface area contributed by atoms with Crippen LogP contribution in [0.4, 0.5) is 11.5 Å². The van der Waals surface area contributed by atoms with Crippen LogP contribution in [-0.2, 0) is 0 Å². The van der Waals surface area contributed by atoms with Gasteiger partial charge in [-0.05, 0) is 24.3 Å². The molecule has 2 aromatic carbocycles. The van der Waals surface area contributed by atoms with E-state index in [9.17, 15) is 0 Å². The van der Waals surface area contributed by atoms with Gasteiger partial charge in [0.1, 0.15) is 5.82 Å². The van der Waals surface area contributed by atoms with Gasteiger partial charge >= 0.3 is 0 Å². The third-order valence-electron chi connectivity index (χ3n) is 3.51. The second-order valence-electron chi connectivity index (χ2n) is 5.17. The van der Waals surface area contributed by atoms with Crippen molar-refractivity contribution >= 4 is 34.0 Å². The molecule has 1 aromatic heterocycles. The van der Waals surface area contributed by atoms with Crippen molar-refractivity contribution in [1.82, 2.24) is 4.98 Å². The van der Waals surface area contributed by atoms with Crippen molar-refractivity contribution in [2.75, 3.05) is 24.7 Å². The third kappa shape index (κ3) is 2.52. The van der Waals surface area contributed by atoms with Gasteiger partial charge in [-0.1, -0.05) is 35.9 Å². The van der Waals surface area contributed by atoms with Crippen molar-refractivity contribution in [3.05, 3.63) is 53.6 Å². The molecule has 21 heavy (non-hydrogen) atoms. The lowest BCUT2D eigenvalue weighted by Gasteiger charge is -2.14.